The van der Waals surface area contributed by atoms with Gasteiger partial charge in [-0.2, -0.15) is 0 Å². The highest BCUT2D eigenvalue weighted by atomic mass is 16.4. The fourth-order valence-corrected chi connectivity index (χ4v) is 3.26. The minimum atomic E-state index is -1.51. The second kappa shape index (κ2) is 7.51. The predicted molar refractivity (Wildman–Crippen MR) is 77.1 cm³/mol. The molecule has 134 valence electrons. The summed E-state index contributed by atoms with van der Waals surface area (Å²) >= 11 is 0. The molecule has 0 radical (unpaired) electrons. The van der Waals surface area contributed by atoms with Crippen molar-refractivity contribution < 1.29 is 40.9 Å². The van der Waals surface area contributed by atoms with Crippen LogP contribution in [0.25, 0.3) is 0 Å². The van der Waals surface area contributed by atoms with Gasteiger partial charge in [-0.1, -0.05) is 6.08 Å². The molecule has 0 aromatic carbocycles. The highest BCUT2D eigenvalue weighted by molar-refractivity contribution is 5.22. The van der Waals surface area contributed by atoms with Crippen molar-refractivity contribution in [1.82, 2.24) is 5.32 Å². The maximum Gasteiger partial charge on any atom is 0.111 e. The van der Waals surface area contributed by atoms with Gasteiger partial charge in [0.25, 0.3) is 0 Å². The summed E-state index contributed by atoms with van der Waals surface area (Å²) in [5, 5.41) is 80.6. The largest absolute Gasteiger partial charge is 0.396 e. The molecule has 2 aliphatic carbocycles. The zero-order valence-electron chi connectivity index (χ0n) is 12.5. The standard InChI is InChI=1S/C14H25NO8/c16-3-5-1-7(11(20)13(22)9(5)18)15-8-2-6(4-17)10(19)14(23)12(8)21/h1,6-23H,2-4H2/t6-,7+,8+,9-,10-,11+,12+,13+,14+/m1/s1. The summed E-state index contributed by atoms with van der Waals surface area (Å²) in [5.74, 6) is -0.650. The third kappa shape index (κ3) is 3.58. The van der Waals surface area contributed by atoms with Gasteiger partial charge in [0.15, 0.2) is 0 Å². The normalized spacial score (nSPS) is 48.2. The van der Waals surface area contributed by atoms with E-state index in [4.69, 9.17) is 0 Å². The lowest BCUT2D eigenvalue weighted by molar-refractivity contribution is -0.135. The molecule has 0 unspecified atom stereocenters. The molecule has 23 heavy (non-hydrogen) atoms. The molecule has 1 saturated carbocycles. The molecular formula is C14H25NO8. The Bertz CT molecular complexity index is 431. The van der Waals surface area contributed by atoms with E-state index in [1.165, 1.54) is 6.08 Å². The molecule has 0 spiro atoms. The number of aliphatic hydroxyl groups excluding tert-OH is 8. The van der Waals surface area contributed by atoms with Crippen LogP contribution in [0.4, 0.5) is 0 Å². The minimum absolute atomic E-state index is 0.130. The molecular weight excluding hydrogens is 310 g/mol. The average molecular weight is 335 g/mol. The predicted octanol–water partition coefficient (Wildman–Crippen LogP) is -4.58. The first-order valence-electron chi connectivity index (χ1n) is 7.58. The number of rotatable bonds is 4. The molecule has 9 heteroatoms. The Morgan fingerprint density at radius 2 is 1.52 bits per heavy atom. The fraction of sp³-hybridized carbons (Fsp3) is 0.857. The third-order valence-corrected chi connectivity index (χ3v) is 4.79. The van der Waals surface area contributed by atoms with E-state index in [2.05, 4.69) is 5.32 Å². The van der Waals surface area contributed by atoms with Crippen molar-refractivity contribution in [2.24, 2.45) is 5.92 Å². The van der Waals surface area contributed by atoms with E-state index in [9.17, 15) is 40.9 Å². The maximum absolute atomic E-state index is 10.1. The SMILES string of the molecule is OCC1=C[C@H](N[C@H]2C[C@H](CO)[C@@H](O)[C@H](O)[C@H]2O)[C@H](O)[C@@H](O)[C@@H]1O. The van der Waals surface area contributed by atoms with E-state index in [1.807, 2.05) is 0 Å². The molecule has 1 fully saturated rings. The minimum Gasteiger partial charge on any atom is -0.396 e. The smallest absolute Gasteiger partial charge is 0.111 e. The van der Waals surface area contributed by atoms with E-state index in [-0.39, 0.29) is 18.6 Å². The van der Waals surface area contributed by atoms with E-state index in [1.54, 1.807) is 0 Å². The van der Waals surface area contributed by atoms with Crippen LogP contribution >= 0.6 is 0 Å². The molecule has 0 aromatic rings. The lowest BCUT2D eigenvalue weighted by Gasteiger charge is -2.43. The van der Waals surface area contributed by atoms with Crippen molar-refractivity contribution >= 4 is 0 Å². The zero-order valence-corrected chi connectivity index (χ0v) is 12.5. The summed E-state index contributed by atoms with van der Waals surface area (Å²) in [4.78, 5) is 0. The van der Waals surface area contributed by atoms with Crippen LogP contribution < -0.4 is 5.32 Å². The Balaban J connectivity index is 2.15. The third-order valence-electron chi connectivity index (χ3n) is 4.79. The van der Waals surface area contributed by atoms with Crippen molar-refractivity contribution in [3.8, 4) is 0 Å². The van der Waals surface area contributed by atoms with Crippen LogP contribution in [0.5, 0.6) is 0 Å². The summed E-state index contributed by atoms with van der Waals surface area (Å²) in [7, 11) is 0. The first kappa shape index (κ1) is 18.7. The summed E-state index contributed by atoms with van der Waals surface area (Å²) in [6.07, 6.45) is -6.85. The van der Waals surface area contributed by atoms with Gasteiger partial charge in [-0.15, -0.1) is 0 Å². The Labute approximate surface area is 133 Å². The van der Waals surface area contributed by atoms with Crippen LogP contribution in [-0.2, 0) is 0 Å². The second-order valence-electron chi connectivity index (χ2n) is 6.27. The van der Waals surface area contributed by atoms with Crippen LogP contribution in [0.2, 0.25) is 0 Å². The van der Waals surface area contributed by atoms with E-state index in [0.29, 0.717) is 0 Å². The Morgan fingerprint density at radius 1 is 0.870 bits per heavy atom. The first-order chi connectivity index (χ1) is 10.8. The van der Waals surface area contributed by atoms with Gasteiger partial charge >= 0.3 is 0 Å². The summed E-state index contributed by atoms with van der Waals surface area (Å²) < 4.78 is 0. The molecule has 0 aliphatic heterocycles. The Morgan fingerprint density at radius 3 is 2.09 bits per heavy atom. The zero-order chi connectivity index (χ0) is 17.3. The average Bonchev–Trinajstić information content (AvgIpc) is 2.55. The monoisotopic (exact) mass is 335 g/mol. The molecule has 2 aliphatic rings. The molecule has 9 nitrogen and oxygen atoms in total. The van der Waals surface area contributed by atoms with Crippen LogP contribution in [-0.4, -0.2) is 103 Å². The van der Waals surface area contributed by atoms with Crippen LogP contribution in [0.15, 0.2) is 11.6 Å². The van der Waals surface area contributed by atoms with Crippen LogP contribution in [0, 0.1) is 5.92 Å². The lowest BCUT2D eigenvalue weighted by Crippen LogP contribution is -2.63. The quantitative estimate of drug-likeness (QED) is 0.229. The number of nitrogens with one attached hydrogen (secondary N) is 1. The molecule has 0 aromatic heterocycles. The first-order valence-corrected chi connectivity index (χ1v) is 7.58. The van der Waals surface area contributed by atoms with Crippen molar-refractivity contribution in [2.45, 2.75) is 55.1 Å². The molecule has 0 bridgehead atoms. The highest BCUT2D eigenvalue weighted by Crippen LogP contribution is 2.28. The Kier molecular flexibility index (Phi) is 6.11. The van der Waals surface area contributed by atoms with Gasteiger partial charge < -0.3 is 46.2 Å². The molecule has 0 heterocycles. The maximum atomic E-state index is 10.1. The molecule has 9 N–H and O–H groups in total. The van der Waals surface area contributed by atoms with E-state index in [0.717, 1.165) is 0 Å². The number of hydrogen-bond donors (Lipinski definition) is 9. The highest BCUT2D eigenvalue weighted by Gasteiger charge is 2.45. The lowest BCUT2D eigenvalue weighted by atomic mass is 9.78. The summed E-state index contributed by atoms with van der Waals surface area (Å²) in [5.41, 5.74) is 0.130. The van der Waals surface area contributed by atoms with Crippen LogP contribution in [0.1, 0.15) is 6.42 Å². The van der Waals surface area contributed by atoms with E-state index >= 15 is 0 Å². The van der Waals surface area contributed by atoms with Crippen molar-refractivity contribution in [3.63, 3.8) is 0 Å². The van der Waals surface area contributed by atoms with Gasteiger partial charge in [0.1, 0.15) is 24.4 Å². The van der Waals surface area contributed by atoms with Crippen LogP contribution in [0.3, 0.4) is 0 Å². The van der Waals surface area contributed by atoms with Crippen molar-refractivity contribution in [1.29, 1.82) is 0 Å². The van der Waals surface area contributed by atoms with Gasteiger partial charge in [0.2, 0.25) is 0 Å². The van der Waals surface area contributed by atoms with Gasteiger partial charge in [0, 0.05) is 18.6 Å². The number of aliphatic hydroxyl groups is 8. The van der Waals surface area contributed by atoms with Crippen molar-refractivity contribution in [3.05, 3.63) is 11.6 Å². The van der Waals surface area contributed by atoms with Gasteiger partial charge in [0.05, 0.1) is 24.9 Å². The Hall–Kier alpha value is -0.620. The molecule has 2 rings (SSSR count). The van der Waals surface area contributed by atoms with Gasteiger partial charge in [-0.3, -0.25) is 0 Å². The van der Waals surface area contributed by atoms with Gasteiger partial charge in [-0.05, 0) is 12.0 Å². The van der Waals surface area contributed by atoms with Gasteiger partial charge in [-0.25, -0.2) is 0 Å². The molecule has 0 saturated heterocycles. The fourth-order valence-electron chi connectivity index (χ4n) is 3.26. The summed E-state index contributed by atoms with van der Waals surface area (Å²) in [6, 6.07) is -1.64. The molecule has 9 atom stereocenters. The number of hydrogen-bond acceptors (Lipinski definition) is 9. The van der Waals surface area contributed by atoms with Crippen molar-refractivity contribution in [2.75, 3.05) is 13.2 Å². The topological polar surface area (TPSA) is 174 Å². The van der Waals surface area contributed by atoms with E-state index < -0.39 is 61.2 Å². The summed E-state index contributed by atoms with van der Waals surface area (Å²) in [6.45, 7) is -0.883. The molecule has 0 amide bonds. The second-order valence-corrected chi connectivity index (χ2v) is 6.27.